The molecule has 0 aromatic heterocycles. The average Bonchev–Trinajstić information content (AvgIpc) is 3.05. The quantitative estimate of drug-likeness (QED) is 0.930. The van der Waals surface area contributed by atoms with Crippen LogP contribution in [0.5, 0.6) is 0 Å². The highest BCUT2D eigenvalue weighted by atomic mass is 16.5. The van der Waals surface area contributed by atoms with E-state index in [1.54, 1.807) is 0 Å². The lowest BCUT2D eigenvalue weighted by atomic mass is 9.79. The summed E-state index contributed by atoms with van der Waals surface area (Å²) in [6.07, 6.45) is 2.56. The Morgan fingerprint density at radius 3 is 2.77 bits per heavy atom. The molecule has 2 N–H and O–H groups in total. The van der Waals surface area contributed by atoms with Crippen LogP contribution in [0.3, 0.4) is 0 Å². The third-order valence-corrected chi connectivity index (χ3v) is 5.40. The molecule has 2 saturated heterocycles. The van der Waals surface area contributed by atoms with E-state index in [-0.39, 0.29) is 5.91 Å². The predicted molar refractivity (Wildman–Crippen MR) is 86.7 cm³/mol. The van der Waals surface area contributed by atoms with Crippen LogP contribution in [0.2, 0.25) is 0 Å². The lowest BCUT2D eigenvalue weighted by Gasteiger charge is -2.37. The van der Waals surface area contributed by atoms with Crippen LogP contribution in [0.15, 0.2) is 24.3 Å². The lowest BCUT2D eigenvalue weighted by molar-refractivity contribution is -0.146. The number of hydrogen-bond acceptors (Lipinski definition) is 3. The van der Waals surface area contributed by atoms with Crippen molar-refractivity contribution in [1.29, 1.82) is 0 Å². The molecular weight excluding hydrogens is 276 g/mol. The maximum absolute atomic E-state index is 13.0. The summed E-state index contributed by atoms with van der Waals surface area (Å²) in [4.78, 5) is 15.0. The van der Waals surface area contributed by atoms with Gasteiger partial charge in [-0.05, 0) is 37.3 Å². The fourth-order valence-electron chi connectivity index (χ4n) is 3.85. The zero-order valence-electron chi connectivity index (χ0n) is 13.4. The van der Waals surface area contributed by atoms with Gasteiger partial charge in [-0.2, -0.15) is 0 Å². The Labute approximate surface area is 132 Å². The fraction of sp³-hybridized carbons (Fsp3) is 0.611. The maximum atomic E-state index is 13.0. The first-order chi connectivity index (χ1) is 10.7. The number of nitrogens with two attached hydrogens (primary N) is 1. The predicted octanol–water partition coefficient (Wildman–Crippen LogP) is 2.07. The van der Waals surface area contributed by atoms with Crippen molar-refractivity contribution in [2.45, 2.75) is 32.1 Å². The molecule has 0 spiro atoms. The number of hydrogen-bond donors (Lipinski definition) is 1. The smallest absolute Gasteiger partial charge is 0.230 e. The van der Waals surface area contributed by atoms with Crippen molar-refractivity contribution in [3.8, 4) is 0 Å². The number of amides is 1. The van der Waals surface area contributed by atoms with Gasteiger partial charge >= 0.3 is 0 Å². The molecule has 1 aromatic rings. The SMILES string of the molecule is Cc1ccccc1C1CCN(C(=O)C2(CN)CCOCC2)C1. The van der Waals surface area contributed by atoms with Gasteiger partial charge in [-0.15, -0.1) is 0 Å². The highest BCUT2D eigenvalue weighted by Crippen LogP contribution is 2.36. The topological polar surface area (TPSA) is 55.6 Å². The van der Waals surface area contributed by atoms with Crippen molar-refractivity contribution in [1.82, 2.24) is 4.90 Å². The maximum Gasteiger partial charge on any atom is 0.230 e. The second-order valence-corrected chi connectivity index (χ2v) is 6.69. The average molecular weight is 302 g/mol. The molecule has 0 saturated carbocycles. The van der Waals surface area contributed by atoms with Gasteiger partial charge in [0.25, 0.3) is 0 Å². The van der Waals surface area contributed by atoms with Gasteiger partial charge < -0.3 is 15.4 Å². The summed E-state index contributed by atoms with van der Waals surface area (Å²) in [5, 5.41) is 0. The van der Waals surface area contributed by atoms with E-state index < -0.39 is 5.41 Å². The third kappa shape index (κ3) is 2.77. The number of carbonyl (C=O) groups is 1. The first kappa shape index (κ1) is 15.5. The molecule has 3 rings (SSSR count). The highest BCUT2D eigenvalue weighted by molar-refractivity contribution is 5.83. The summed E-state index contributed by atoms with van der Waals surface area (Å²) >= 11 is 0. The zero-order valence-corrected chi connectivity index (χ0v) is 13.4. The summed E-state index contributed by atoms with van der Waals surface area (Å²) < 4.78 is 5.42. The Balaban J connectivity index is 1.72. The van der Waals surface area contributed by atoms with Gasteiger partial charge in [0, 0.05) is 38.8 Å². The van der Waals surface area contributed by atoms with Gasteiger partial charge in [0.2, 0.25) is 5.91 Å². The number of carbonyl (C=O) groups excluding carboxylic acids is 1. The fourth-order valence-corrected chi connectivity index (χ4v) is 3.85. The van der Waals surface area contributed by atoms with E-state index in [9.17, 15) is 4.79 Å². The molecule has 2 heterocycles. The van der Waals surface area contributed by atoms with Crippen molar-refractivity contribution in [2.24, 2.45) is 11.1 Å². The number of aryl methyl sites for hydroxylation is 1. The van der Waals surface area contributed by atoms with Crippen LogP contribution < -0.4 is 5.73 Å². The molecule has 4 heteroatoms. The van der Waals surface area contributed by atoms with E-state index in [0.717, 1.165) is 32.4 Å². The van der Waals surface area contributed by atoms with E-state index in [2.05, 4.69) is 31.2 Å². The molecule has 120 valence electrons. The Kier molecular flexibility index (Phi) is 4.50. The second-order valence-electron chi connectivity index (χ2n) is 6.69. The second kappa shape index (κ2) is 6.39. The summed E-state index contributed by atoms with van der Waals surface area (Å²) in [5.41, 5.74) is 8.29. The van der Waals surface area contributed by atoms with Crippen molar-refractivity contribution in [2.75, 3.05) is 32.8 Å². The summed E-state index contributed by atoms with van der Waals surface area (Å²) in [7, 11) is 0. The Morgan fingerprint density at radius 2 is 2.09 bits per heavy atom. The van der Waals surface area contributed by atoms with Crippen molar-refractivity contribution >= 4 is 5.91 Å². The first-order valence-corrected chi connectivity index (χ1v) is 8.29. The first-order valence-electron chi connectivity index (χ1n) is 8.29. The van der Waals surface area contributed by atoms with Gasteiger partial charge in [0.05, 0.1) is 5.41 Å². The van der Waals surface area contributed by atoms with Crippen LogP contribution in [-0.2, 0) is 9.53 Å². The summed E-state index contributed by atoms with van der Waals surface area (Å²) in [5.74, 6) is 0.703. The molecule has 0 bridgehead atoms. The number of nitrogens with zero attached hydrogens (tertiary/aromatic N) is 1. The molecule has 4 nitrogen and oxygen atoms in total. The van der Waals surface area contributed by atoms with Gasteiger partial charge in [-0.1, -0.05) is 24.3 Å². The normalized spacial score (nSPS) is 24.5. The molecule has 0 radical (unpaired) electrons. The standard InChI is InChI=1S/C18H26N2O2/c1-14-4-2-3-5-16(14)15-6-9-20(12-15)17(21)18(13-19)7-10-22-11-8-18/h2-5,15H,6-13,19H2,1H3. The minimum Gasteiger partial charge on any atom is -0.381 e. The van der Waals surface area contributed by atoms with E-state index in [0.29, 0.717) is 25.7 Å². The van der Waals surface area contributed by atoms with Gasteiger partial charge in [-0.3, -0.25) is 4.79 Å². The summed E-state index contributed by atoms with van der Waals surface area (Å²) in [6, 6.07) is 8.51. The van der Waals surface area contributed by atoms with Crippen LogP contribution in [0.4, 0.5) is 0 Å². The molecule has 2 aliphatic heterocycles. The third-order valence-electron chi connectivity index (χ3n) is 5.40. The van der Waals surface area contributed by atoms with E-state index in [4.69, 9.17) is 10.5 Å². The molecule has 2 fully saturated rings. The number of ether oxygens (including phenoxy) is 1. The largest absolute Gasteiger partial charge is 0.381 e. The van der Waals surface area contributed by atoms with Crippen molar-refractivity contribution in [3.63, 3.8) is 0 Å². The number of likely N-dealkylation sites (tertiary alicyclic amines) is 1. The van der Waals surface area contributed by atoms with Crippen LogP contribution in [0, 0.1) is 12.3 Å². The van der Waals surface area contributed by atoms with Crippen LogP contribution in [0.25, 0.3) is 0 Å². The minimum atomic E-state index is -0.390. The van der Waals surface area contributed by atoms with Gasteiger partial charge in [0.15, 0.2) is 0 Å². The molecule has 0 aliphatic carbocycles. The molecular formula is C18H26N2O2. The Morgan fingerprint density at radius 1 is 1.36 bits per heavy atom. The molecule has 1 amide bonds. The molecule has 2 aliphatic rings. The van der Waals surface area contributed by atoms with Gasteiger partial charge in [-0.25, -0.2) is 0 Å². The molecule has 22 heavy (non-hydrogen) atoms. The van der Waals surface area contributed by atoms with E-state index >= 15 is 0 Å². The molecule has 1 aromatic carbocycles. The van der Waals surface area contributed by atoms with Crippen LogP contribution in [-0.4, -0.2) is 43.7 Å². The minimum absolute atomic E-state index is 0.245. The van der Waals surface area contributed by atoms with E-state index in [1.165, 1.54) is 11.1 Å². The number of benzene rings is 1. The molecule has 1 unspecified atom stereocenters. The highest BCUT2D eigenvalue weighted by Gasteiger charge is 2.43. The van der Waals surface area contributed by atoms with Crippen LogP contribution in [0.1, 0.15) is 36.3 Å². The van der Waals surface area contributed by atoms with Gasteiger partial charge in [0.1, 0.15) is 0 Å². The summed E-state index contributed by atoms with van der Waals surface area (Å²) in [6.45, 7) is 5.56. The van der Waals surface area contributed by atoms with Crippen LogP contribution >= 0.6 is 0 Å². The lowest BCUT2D eigenvalue weighted by Crippen LogP contribution is -2.50. The van der Waals surface area contributed by atoms with Crippen molar-refractivity contribution in [3.05, 3.63) is 35.4 Å². The number of rotatable bonds is 3. The van der Waals surface area contributed by atoms with E-state index in [1.807, 2.05) is 4.90 Å². The zero-order chi connectivity index (χ0) is 15.6. The monoisotopic (exact) mass is 302 g/mol. The molecule has 1 atom stereocenters. The van der Waals surface area contributed by atoms with Crippen molar-refractivity contribution < 1.29 is 9.53 Å². The Bertz CT molecular complexity index is 538. The Hall–Kier alpha value is -1.39.